The van der Waals surface area contributed by atoms with E-state index in [4.69, 9.17) is 0 Å². The lowest BCUT2D eigenvalue weighted by Crippen LogP contribution is -2.35. The summed E-state index contributed by atoms with van der Waals surface area (Å²) >= 11 is 0. The number of nitrogens with zero attached hydrogens (tertiary/aromatic N) is 3. The highest BCUT2D eigenvalue weighted by Crippen LogP contribution is 2.19. The third kappa shape index (κ3) is 3.57. The molecule has 106 valence electrons. The highest BCUT2D eigenvalue weighted by Gasteiger charge is 2.09. The fourth-order valence-corrected chi connectivity index (χ4v) is 1.86. The van der Waals surface area contributed by atoms with Gasteiger partial charge in [0.25, 0.3) is 0 Å². The third-order valence-electron chi connectivity index (χ3n) is 2.84. The van der Waals surface area contributed by atoms with E-state index < -0.39 is 0 Å². The van der Waals surface area contributed by atoms with Gasteiger partial charge in [-0.15, -0.1) is 0 Å². The summed E-state index contributed by atoms with van der Waals surface area (Å²) in [6, 6.07) is 3.66. The molecular formula is C14H19N5O. The number of carbonyl (C=O) groups excluding carboxylic acids is 1. The fraction of sp³-hybridized carbons (Fsp3) is 0.357. The predicted octanol–water partition coefficient (Wildman–Crippen LogP) is 1.69. The average Bonchev–Trinajstić information content (AvgIpc) is 2.89. The first-order valence-corrected chi connectivity index (χ1v) is 6.65. The molecule has 20 heavy (non-hydrogen) atoms. The number of rotatable bonds is 5. The van der Waals surface area contributed by atoms with E-state index in [0.29, 0.717) is 13.1 Å². The molecule has 0 radical (unpaired) electrons. The molecule has 2 amide bonds. The van der Waals surface area contributed by atoms with Crippen molar-refractivity contribution in [3.05, 3.63) is 36.3 Å². The summed E-state index contributed by atoms with van der Waals surface area (Å²) in [6.45, 7) is 3.13. The van der Waals surface area contributed by atoms with Gasteiger partial charge in [0.2, 0.25) is 0 Å². The van der Waals surface area contributed by atoms with Crippen LogP contribution >= 0.6 is 0 Å². The topological polar surface area (TPSA) is 71.8 Å². The van der Waals surface area contributed by atoms with Gasteiger partial charge in [-0.1, -0.05) is 13.0 Å². The van der Waals surface area contributed by atoms with Gasteiger partial charge >= 0.3 is 6.03 Å². The van der Waals surface area contributed by atoms with Crippen LogP contribution < -0.4 is 10.6 Å². The van der Waals surface area contributed by atoms with E-state index in [-0.39, 0.29) is 6.03 Å². The van der Waals surface area contributed by atoms with Gasteiger partial charge in [0, 0.05) is 38.1 Å². The summed E-state index contributed by atoms with van der Waals surface area (Å²) in [5.41, 5.74) is 2.75. The van der Waals surface area contributed by atoms with Crippen LogP contribution in [0.2, 0.25) is 0 Å². The highest BCUT2D eigenvalue weighted by atomic mass is 16.2. The first-order chi connectivity index (χ1) is 9.70. The summed E-state index contributed by atoms with van der Waals surface area (Å²) in [5, 5.41) is 9.76. The molecule has 0 aliphatic heterocycles. The Labute approximate surface area is 118 Å². The normalized spacial score (nSPS) is 10.3. The first kappa shape index (κ1) is 14.0. The summed E-state index contributed by atoms with van der Waals surface area (Å²) in [5.74, 6) is 0. The van der Waals surface area contributed by atoms with Gasteiger partial charge in [0.15, 0.2) is 0 Å². The minimum absolute atomic E-state index is 0.159. The molecule has 2 heterocycles. The van der Waals surface area contributed by atoms with Crippen LogP contribution in [0.3, 0.4) is 0 Å². The van der Waals surface area contributed by atoms with Crippen LogP contribution in [0.4, 0.5) is 4.79 Å². The van der Waals surface area contributed by atoms with Crippen LogP contribution in [0.25, 0.3) is 11.3 Å². The van der Waals surface area contributed by atoms with Gasteiger partial charge in [0.1, 0.15) is 0 Å². The molecule has 0 saturated heterocycles. The number of carbonyl (C=O) groups is 1. The largest absolute Gasteiger partial charge is 0.338 e. The van der Waals surface area contributed by atoms with E-state index in [1.807, 2.05) is 32.3 Å². The Bertz CT molecular complexity index is 578. The van der Waals surface area contributed by atoms with E-state index in [9.17, 15) is 4.79 Å². The van der Waals surface area contributed by atoms with Crippen molar-refractivity contribution in [2.24, 2.45) is 7.05 Å². The second kappa shape index (κ2) is 6.70. The molecule has 2 rings (SSSR count). The molecule has 2 aromatic heterocycles. The maximum Gasteiger partial charge on any atom is 0.315 e. The molecule has 6 heteroatoms. The Morgan fingerprint density at radius 2 is 2.25 bits per heavy atom. The van der Waals surface area contributed by atoms with Gasteiger partial charge in [-0.25, -0.2) is 4.79 Å². The lowest BCUT2D eigenvalue weighted by Gasteiger charge is -2.09. The predicted molar refractivity (Wildman–Crippen MR) is 77.0 cm³/mol. The summed E-state index contributed by atoms with van der Waals surface area (Å²) in [7, 11) is 1.86. The second-order valence-electron chi connectivity index (χ2n) is 4.52. The van der Waals surface area contributed by atoms with Gasteiger partial charge < -0.3 is 10.6 Å². The number of aromatic nitrogens is 3. The van der Waals surface area contributed by atoms with Crippen molar-refractivity contribution in [1.82, 2.24) is 25.4 Å². The number of hydrogen-bond donors (Lipinski definition) is 2. The molecule has 6 nitrogen and oxygen atoms in total. The average molecular weight is 273 g/mol. The Kier molecular flexibility index (Phi) is 4.70. The Morgan fingerprint density at radius 3 is 2.95 bits per heavy atom. The lowest BCUT2D eigenvalue weighted by atomic mass is 10.1. The smallest absolute Gasteiger partial charge is 0.315 e. The first-order valence-electron chi connectivity index (χ1n) is 6.65. The number of amides is 2. The van der Waals surface area contributed by atoms with Crippen molar-refractivity contribution in [1.29, 1.82) is 0 Å². The van der Waals surface area contributed by atoms with Crippen molar-refractivity contribution in [2.75, 3.05) is 6.54 Å². The van der Waals surface area contributed by atoms with Crippen molar-refractivity contribution in [3.8, 4) is 11.3 Å². The zero-order valence-corrected chi connectivity index (χ0v) is 11.8. The SMILES string of the molecule is CCCNC(=O)NCc1cccnc1-c1cnn(C)c1. The maximum absolute atomic E-state index is 11.6. The van der Waals surface area contributed by atoms with E-state index >= 15 is 0 Å². The molecule has 0 spiro atoms. The van der Waals surface area contributed by atoms with Gasteiger partial charge in [0.05, 0.1) is 11.9 Å². The standard InChI is InChI=1S/C14H19N5O/c1-3-6-16-14(20)17-8-11-5-4-7-15-13(11)12-9-18-19(2)10-12/h4-5,7,9-10H,3,6,8H2,1-2H3,(H2,16,17,20). The molecule has 0 saturated carbocycles. The van der Waals surface area contributed by atoms with E-state index in [2.05, 4.69) is 20.7 Å². The minimum atomic E-state index is -0.159. The van der Waals surface area contributed by atoms with Gasteiger partial charge in [-0.3, -0.25) is 9.67 Å². The fourth-order valence-electron chi connectivity index (χ4n) is 1.86. The van der Waals surface area contributed by atoms with Crippen LogP contribution in [-0.2, 0) is 13.6 Å². The summed E-state index contributed by atoms with van der Waals surface area (Å²) < 4.78 is 1.73. The number of pyridine rings is 1. The third-order valence-corrected chi connectivity index (χ3v) is 2.84. The molecule has 0 aliphatic carbocycles. The Hall–Kier alpha value is -2.37. The number of urea groups is 1. The van der Waals surface area contributed by atoms with Crippen LogP contribution in [0, 0.1) is 0 Å². The zero-order chi connectivity index (χ0) is 14.4. The number of hydrogen-bond acceptors (Lipinski definition) is 3. The van der Waals surface area contributed by atoms with Crippen molar-refractivity contribution in [2.45, 2.75) is 19.9 Å². The zero-order valence-electron chi connectivity index (χ0n) is 11.8. The maximum atomic E-state index is 11.6. The Balaban J connectivity index is 2.07. The van der Waals surface area contributed by atoms with Crippen molar-refractivity contribution < 1.29 is 4.79 Å². The van der Waals surface area contributed by atoms with Crippen molar-refractivity contribution >= 4 is 6.03 Å². The molecule has 0 aromatic carbocycles. The summed E-state index contributed by atoms with van der Waals surface area (Å²) in [4.78, 5) is 15.9. The van der Waals surface area contributed by atoms with Crippen LogP contribution in [0.5, 0.6) is 0 Å². The van der Waals surface area contributed by atoms with Gasteiger partial charge in [-0.05, 0) is 18.1 Å². The molecule has 0 unspecified atom stereocenters. The van der Waals surface area contributed by atoms with Crippen molar-refractivity contribution in [3.63, 3.8) is 0 Å². The van der Waals surface area contributed by atoms with E-state index in [1.54, 1.807) is 17.1 Å². The minimum Gasteiger partial charge on any atom is -0.338 e. The van der Waals surface area contributed by atoms with E-state index in [0.717, 1.165) is 23.2 Å². The molecule has 2 N–H and O–H groups in total. The van der Waals surface area contributed by atoms with Crippen LogP contribution in [-0.4, -0.2) is 27.3 Å². The Morgan fingerprint density at radius 1 is 1.40 bits per heavy atom. The lowest BCUT2D eigenvalue weighted by molar-refractivity contribution is 0.240. The number of aryl methyl sites for hydroxylation is 1. The monoisotopic (exact) mass is 273 g/mol. The molecule has 2 aromatic rings. The molecule has 0 aliphatic rings. The molecule has 0 bridgehead atoms. The van der Waals surface area contributed by atoms with Gasteiger partial charge in [-0.2, -0.15) is 5.10 Å². The summed E-state index contributed by atoms with van der Waals surface area (Å²) in [6.07, 6.45) is 6.33. The van der Waals surface area contributed by atoms with Crippen LogP contribution in [0.15, 0.2) is 30.7 Å². The quantitative estimate of drug-likeness (QED) is 0.870. The van der Waals surface area contributed by atoms with E-state index in [1.165, 1.54) is 0 Å². The van der Waals surface area contributed by atoms with Crippen LogP contribution in [0.1, 0.15) is 18.9 Å². The highest BCUT2D eigenvalue weighted by molar-refractivity contribution is 5.74. The molecule has 0 fully saturated rings. The molecular weight excluding hydrogens is 254 g/mol. The second-order valence-corrected chi connectivity index (χ2v) is 4.52. The molecule has 0 atom stereocenters. The number of nitrogens with one attached hydrogen (secondary N) is 2.